The van der Waals surface area contributed by atoms with Crippen LogP contribution in [0.3, 0.4) is 0 Å². The van der Waals surface area contributed by atoms with E-state index in [4.69, 9.17) is 13.6 Å². The third-order valence-electron chi connectivity index (χ3n) is 4.74. The Labute approximate surface area is 169 Å². The van der Waals surface area contributed by atoms with Crippen LogP contribution in [-0.2, 0) is 18.1 Å². The summed E-state index contributed by atoms with van der Waals surface area (Å²) in [4.78, 5) is 0. The molecule has 4 nitrogen and oxygen atoms in total. The molecule has 0 N–H and O–H groups in total. The molecule has 0 bridgehead atoms. The largest absolute Gasteiger partial charge is 0.474 e. The predicted octanol–water partition coefficient (Wildman–Crippen LogP) is 8.45. The molecule has 0 aliphatic rings. The first-order chi connectivity index (χ1) is 13.2. The lowest BCUT2D eigenvalue weighted by atomic mass is 10.1. The molecule has 0 fully saturated rings. The Hall–Kier alpha value is 0.110. The van der Waals surface area contributed by atoms with Crippen molar-refractivity contribution in [3.05, 3.63) is 0 Å². The van der Waals surface area contributed by atoms with E-state index >= 15 is 0 Å². The van der Waals surface area contributed by atoms with Crippen LogP contribution >= 0.6 is 7.82 Å². The fourth-order valence-electron chi connectivity index (χ4n) is 2.93. The van der Waals surface area contributed by atoms with Crippen LogP contribution in [-0.4, -0.2) is 19.8 Å². The van der Waals surface area contributed by atoms with Crippen molar-refractivity contribution in [3.63, 3.8) is 0 Å². The van der Waals surface area contributed by atoms with Gasteiger partial charge in [-0.25, -0.2) is 4.57 Å². The molecule has 0 aromatic carbocycles. The van der Waals surface area contributed by atoms with Crippen LogP contribution in [0.5, 0.6) is 0 Å². The number of phosphoric ester groups is 1. The highest BCUT2D eigenvalue weighted by Crippen LogP contribution is 2.50. The van der Waals surface area contributed by atoms with E-state index in [9.17, 15) is 4.57 Å². The molecular weight excluding hydrogens is 359 g/mol. The second-order valence-corrected chi connectivity index (χ2v) is 9.21. The highest BCUT2D eigenvalue weighted by molar-refractivity contribution is 7.48. The van der Waals surface area contributed by atoms with Crippen molar-refractivity contribution in [3.8, 4) is 0 Å². The maximum absolute atomic E-state index is 12.8. The maximum Gasteiger partial charge on any atom is 0.474 e. The van der Waals surface area contributed by atoms with Gasteiger partial charge in [0.1, 0.15) is 0 Å². The molecule has 0 aliphatic heterocycles. The molecule has 0 rings (SSSR count). The molecule has 0 radical (unpaired) electrons. The van der Waals surface area contributed by atoms with Gasteiger partial charge in [-0.3, -0.25) is 13.6 Å². The van der Waals surface area contributed by atoms with Gasteiger partial charge in [0.2, 0.25) is 0 Å². The minimum atomic E-state index is -3.39. The number of unbranched alkanes of at least 4 members (excludes halogenated alkanes) is 13. The normalized spacial score (nSPS) is 12.0. The monoisotopic (exact) mass is 406 g/mol. The molecule has 164 valence electrons. The van der Waals surface area contributed by atoms with Crippen LogP contribution in [0.2, 0.25) is 0 Å². The standard InChI is InChI=1S/C22H47O4P/c1-4-7-10-13-14-15-16-19-22-26-27(23,24-20-17-11-8-5-2)25-21-18-12-9-6-3/h4-22H2,1-3H3. The van der Waals surface area contributed by atoms with Crippen molar-refractivity contribution in [2.24, 2.45) is 0 Å². The van der Waals surface area contributed by atoms with Crippen molar-refractivity contribution < 1.29 is 18.1 Å². The van der Waals surface area contributed by atoms with Crippen LogP contribution in [0.25, 0.3) is 0 Å². The molecular formula is C22H47O4P. The van der Waals surface area contributed by atoms with E-state index in [0.717, 1.165) is 38.5 Å². The summed E-state index contributed by atoms with van der Waals surface area (Å²) in [6.45, 7) is 7.99. The average molecular weight is 407 g/mol. The van der Waals surface area contributed by atoms with Gasteiger partial charge in [0.25, 0.3) is 0 Å². The molecule has 27 heavy (non-hydrogen) atoms. The molecule has 0 spiro atoms. The molecule has 5 heteroatoms. The third-order valence-corrected chi connectivity index (χ3v) is 6.24. The lowest BCUT2D eigenvalue weighted by Crippen LogP contribution is -2.04. The number of rotatable bonds is 22. The van der Waals surface area contributed by atoms with Gasteiger partial charge in [-0.1, -0.05) is 104 Å². The van der Waals surface area contributed by atoms with Crippen molar-refractivity contribution in [2.45, 2.75) is 124 Å². The fraction of sp³-hybridized carbons (Fsp3) is 1.00. The van der Waals surface area contributed by atoms with E-state index in [0.29, 0.717) is 19.8 Å². The van der Waals surface area contributed by atoms with E-state index in [1.54, 1.807) is 0 Å². The van der Waals surface area contributed by atoms with Gasteiger partial charge in [0.05, 0.1) is 19.8 Å². The molecule has 0 aromatic rings. The van der Waals surface area contributed by atoms with Crippen molar-refractivity contribution in [2.75, 3.05) is 19.8 Å². The van der Waals surface area contributed by atoms with Crippen molar-refractivity contribution in [1.29, 1.82) is 0 Å². The van der Waals surface area contributed by atoms with E-state index < -0.39 is 7.82 Å². The second kappa shape index (κ2) is 20.8. The Morgan fingerprint density at radius 2 is 0.704 bits per heavy atom. The van der Waals surface area contributed by atoms with Gasteiger partial charge in [0.15, 0.2) is 0 Å². The van der Waals surface area contributed by atoms with E-state index in [1.165, 1.54) is 64.2 Å². The van der Waals surface area contributed by atoms with Crippen molar-refractivity contribution in [1.82, 2.24) is 0 Å². The molecule has 0 unspecified atom stereocenters. The Balaban J connectivity index is 3.96. The number of hydrogen-bond donors (Lipinski definition) is 0. The maximum atomic E-state index is 12.8. The van der Waals surface area contributed by atoms with Gasteiger partial charge >= 0.3 is 7.82 Å². The van der Waals surface area contributed by atoms with Gasteiger partial charge in [-0.05, 0) is 19.3 Å². The van der Waals surface area contributed by atoms with Gasteiger partial charge in [0, 0.05) is 0 Å². The Morgan fingerprint density at radius 3 is 1.04 bits per heavy atom. The molecule has 0 atom stereocenters. The summed E-state index contributed by atoms with van der Waals surface area (Å²) in [7, 11) is -3.39. The van der Waals surface area contributed by atoms with Crippen LogP contribution < -0.4 is 0 Å². The Kier molecular flexibility index (Phi) is 20.9. The summed E-state index contributed by atoms with van der Waals surface area (Å²) in [6.07, 6.45) is 18.6. The quantitative estimate of drug-likeness (QED) is 0.134. The molecule has 0 saturated heterocycles. The topological polar surface area (TPSA) is 44.8 Å². The fourth-order valence-corrected chi connectivity index (χ4v) is 4.22. The summed E-state index contributed by atoms with van der Waals surface area (Å²) in [5, 5.41) is 0. The van der Waals surface area contributed by atoms with Crippen LogP contribution in [0.15, 0.2) is 0 Å². The van der Waals surface area contributed by atoms with Crippen LogP contribution in [0.4, 0.5) is 0 Å². The average Bonchev–Trinajstić information content (AvgIpc) is 2.66. The Morgan fingerprint density at radius 1 is 0.444 bits per heavy atom. The molecule has 0 aliphatic carbocycles. The van der Waals surface area contributed by atoms with Gasteiger partial charge < -0.3 is 0 Å². The molecule has 0 aromatic heterocycles. The third kappa shape index (κ3) is 19.2. The highest BCUT2D eigenvalue weighted by atomic mass is 31.2. The van der Waals surface area contributed by atoms with Gasteiger partial charge in [-0.2, -0.15) is 0 Å². The molecule has 0 heterocycles. The zero-order valence-corrected chi connectivity index (χ0v) is 19.4. The van der Waals surface area contributed by atoms with Crippen LogP contribution in [0, 0.1) is 0 Å². The first kappa shape index (κ1) is 27.1. The smallest absolute Gasteiger partial charge is 0.287 e. The number of phosphoric acid groups is 1. The highest BCUT2D eigenvalue weighted by Gasteiger charge is 2.26. The minimum Gasteiger partial charge on any atom is -0.287 e. The summed E-state index contributed by atoms with van der Waals surface area (Å²) in [6, 6.07) is 0. The summed E-state index contributed by atoms with van der Waals surface area (Å²) in [5.74, 6) is 0. The van der Waals surface area contributed by atoms with E-state index in [2.05, 4.69) is 20.8 Å². The van der Waals surface area contributed by atoms with Crippen LogP contribution in [0.1, 0.15) is 124 Å². The first-order valence-electron chi connectivity index (χ1n) is 11.7. The summed E-state index contributed by atoms with van der Waals surface area (Å²) >= 11 is 0. The number of hydrogen-bond acceptors (Lipinski definition) is 4. The van der Waals surface area contributed by atoms with E-state index in [1.807, 2.05) is 0 Å². The zero-order chi connectivity index (χ0) is 20.1. The SMILES string of the molecule is CCCCCCCCCCOP(=O)(OCCCCCC)OCCCCCC. The first-order valence-corrected chi connectivity index (χ1v) is 13.2. The minimum absolute atomic E-state index is 0.462. The van der Waals surface area contributed by atoms with Gasteiger partial charge in [-0.15, -0.1) is 0 Å². The van der Waals surface area contributed by atoms with Crippen molar-refractivity contribution >= 4 is 7.82 Å². The molecule has 0 saturated carbocycles. The van der Waals surface area contributed by atoms with E-state index in [-0.39, 0.29) is 0 Å². The summed E-state index contributed by atoms with van der Waals surface area (Å²) in [5.41, 5.74) is 0. The molecule has 0 amide bonds. The zero-order valence-electron chi connectivity index (χ0n) is 18.5. The summed E-state index contributed by atoms with van der Waals surface area (Å²) < 4.78 is 29.5. The Bertz CT molecular complexity index is 318. The second-order valence-electron chi connectivity index (χ2n) is 7.54. The predicted molar refractivity (Wildman–Crippen MR) is 116 cm³/mol. The lowest BCUT2D eigenvalue weighted by molar-refractivity contribution is 0.108. The lowest BCUT2D eigenvalue weighted by Gasteiger charge is -2.18.